The van der Waals surface area contributed by atoms with E-state index in [4.69, 9.17) is 0 Å². The summed E-state index contributed by atoms with van der Waals surface area (Å²) in [6.07, 6.45) is 1.38. The van der Waals surface area contributed by atoms with Gasteiger partial charge in [-0.1, -0.05) is 0 Å². The molecule has 0 saturated heterocycles. The minimum absolute atomic E-state index is 0.314. The summed E-state index contributed by atoms with van der Waals surface area (Å²) in [5, 5.41) is 9.50. The molecule has 1 aliphatic heterocycles. The van der Waals surface area contributed by atoms with E-state index in [2.05, 4.69) is 46.0 Å². The van der Waals surface area contributed by atoms with Gasteiger partial charge in [0.25, 0.3) is 0 Å². The van der Waals surface area contributed by atoms with Crippen molar-refractivity contribution >= 4 is 58.5 Å². The van der Waals surface area contributed by atoms with Gasteiger partial charge in [0.1, 0.15) is 0 Å². The van der Waals surface area contributed by atoms with Gasteiger partial charge in [-0.15, -0.1) is 11.3 Å². The molecular weight excluding hydrogens is 337 g/mol. The highest BCUT2D eigenvalue weighted by molar-refractivity contribution is 14.1. The lowest BCUT2D eigenvalue weighted by Gasteiger charge is -2.16. The van der Waals surface area contributed by atoms with Crippen LogP contribution in [-0.2, 0) is 0 Å². The van der Waals surface area contributed by atoms with Gasteiger partial charge in [0, 0.05) is 12.1 Å². The summed E-state index contributed by atoms with van der Waals surface area (Å²) in [6, 6.07) is 2.05. The molecule has 6 heteroatoms. The summed E-state index contributed by atoms with van der Waals surface area (Å²) in [4.78, 5) is 0. The largest absolute Gasteiger partial charge is 0.387 e. The zero-order chi connectivity index (χ0) is 9.84. The van der Waals surface area contributed by atoms with Gasteiger partial charge in [0.05, 0.1) is 13.2 Å². The second-order valence-corrected chi connectivity index (χ2v) is 6.37. The number of β-amino-alcohol motifs (C(OH)–C–C–N with tert-alkyl or cyclic N) is 1. The van der Waals surface area contributed by atoms with Crippen LogP contribution < -0.4 is 4.72 Å². The molecule has 1 aliphatic rings. The molecule has 74 valence electrons. The van der Waals surface area contributed by atoms with Crippen LogP contribution >= 0.6 is 58.5 Å². The highest BCUT2D eigenvalue weighted by Gasteiger charge is 2.20. The molecule has 0 aromatic carbocycles. The van der Waals surface area contributed by atoms with Crippen molar-refractivity contribution in [3.63, 3.8) is 0 Å². The van der Waals surface area contributed by atoms with E-state index < -0.39 is 0 Å². The van der Waals surface area contributed by atoms with Gasteiger partial charge in [-0.25, -0.2) is 0 Å². The first-order valence-corrected chi connectivity index (χ1v) is 7.19. The molecular formula is C7H10INOS3. The lowest BCUT2D eigenvalue weighted by atomic mass is 10.2. The summed E-state index contributed by atoms with van der Waals surface area (Å²) in [7, 11) is 0. The monoisotopic (exact) mass is 347 g/mol. The molecule has 13 heavy (non-hydrogen) atoms. The van der Waals surface area contributed by atoms with Crippen molar-refractivity contribution in [2.75, 3.05) is 12.8 Å². The Morgan fingerprint density at radius 3 is 3.00 bits per heavy atom. The Balaban J connectivity index is 0.000000396. The van der Waals surface area contributed by atoms with Crippen molar-refractivity contribution in [2.24, 2.45) is 0 Å². The summed E-state index contributed by atoms with van der Waals surface area (Å²) < 4.78 is 5.52. The van der Waals surface area contributed by atoms with E-state index >= 15 is 0 Å². The van der Waals surface area contributed by atoms with Gasteiger partial charge in [0.2, 0.25) is 0 Å². The van der Waals surface area contributed by atoms with E-state index in [1.807, 2.05) is 0 Å². The predicted molar refractivity (Wildman–Crippen MR) is 70.8 cm³/mol. The second-order valence-electron chi connectivity index (χ2n) is 2.26. The van der Waals surface area contributed by atoms with Gasteiger partial charge in [-0.05, 0) is 46.9 Å². The van der Waals surface area contributed by atoms with Crippen molar-refractivity contribution < 1.29 is 5.11 Å². The lowest BCUT2D eigenvalue weighted by molar-refractivity contribution is 0.178. The summed E-state index contributed by atoms with van der Waals surface area (Å²) >= 11 is 9.14. The molecule has 0 radical (unpaired) electrons. The summed E-state index contributed by atoms with van der Waals surface area (Å²) in [6.45, 7) is 0.657. The van der Waals surface area contributed by atoms with Gasteiger partial charge in [0.15, 0.2) is 0 Å². The molecule has 0 aliphatic carbocycles. The number of rotatable bonds is 0. The van der Waals surface area contributed by atoms with Gasteiger partial charge in [-0.3, -0.25) is 4.72 Å². The molecule has 1 aromatic rings. The third-order valence-electron chi connectivity index (χ3n) is 1.50. The normalized spacial score (nSPS) is 20.2. The molecule has 1 unspecified atom stereocenters. The smallest absolute Gasteiger partial charge is 0.0943 e. The molecule has 0 fully saturated rings. The maximum Gasteiger partial charge on any atom is 0.0943 e. The van der Waals surface area contributed by atoms with Crippen LogP contribution in [0.1, 0.15) is 11.7 Å². The fourth-order valence-electron chi connectivity index (χ4n) is 0.966. The zero-order valence-electron chi connectivity index (χ0n) is 6.95. The van der Waals surface area contributed by atoms with Crippen LogP contribution in [0.3, 0.4) is 0 Å². The van der Waals surface area contributed by atoms with E-state index in [0.717, 1.165) is 5.56 Å². The predicted octanol–water partition coefficient (Wildman–Crippen LogP) is 2.54. The number of halogens is 1. The zero-order valence-corrected chi connectivity index (χ0v) is 11.6. The third-order valence-corrected chi connectivity index (χ3v) is 4.43. The Bertz CT molecular complexity index is 279. The first kappa shape index (κ1) is 12.1. The molecule has 2 rings (SSSR count). The fraction of sp³-hybridized carbons (Fsp3) is 0.429. The molecule has 2 N–H and O–H groups in total. The SMILES string of the molecule is CS.OC1CNSc2sc(I)cc21. The Morgan fingerprint density at radius 2 is 2.38 bits per heavy atom. The summed E-state index contributed by atoms with van der Waals surface area (Å²) in [5.74, 6) is 0. The summed E-state index contributed by atoms with van der Waals surface area (Å²) in [5.41, 5.74) is 1.09. The van der Waals surface area contributed by atoms with E-state index in [1.54, 1.807) is 29.5 Å². The van der Waals surface area contributed by atoms with Crippen molar-refractivity contribution in [3.05, 3.63) is 14.5 Å². The van der Waals surface area contributed by atoms with Crippen LogP contribution in [0, 0.1) is 2.88 Å². The van der Waals surface area contributed by atoms with Crippen LogP contribution in [0.5, 0.6) is 0 Å². The lowest BCUT2D eigenvalue weighted by Crippen LogP contribution is -2.19. The fourth-order valence-corrected chi connectivity index (χ4v) is 4.38. The molecule has 0 spiro atoms. The Labute approximate surface area is 105 Å². The van der Waals surface area contributed by atoms with Crippen molar-refractivity contribution in [1.82, 2.24) is 4.72 Å². The third kappa shape index (κ3) is 3.00. The van der Waals surface area contributed by atoms with Crippen LogP contribution in [0.15, 0.2) is 10.3 Å². The van der Waals surface area contributed by atoms with E-state index in [1.165, 1.54) is 7.09 Å². The first-order chi connectivity index (χ1) is 6.27. The highest BCUT2D eigenvalue weighted by atomic mass is 127. The number of thiol groups is 1. The first-order valence-electron chi connectivity index (χ1n) is 3.59. The standard InChI is InChI=1S/C6H6INOS2.CH4S/c7-5-1-3-4(9)2-8-11-6(3)10-5;1-2/h1,4,8-9H,2H2;2H,1H3. The molecule has 1 atom stereocenters. The Hall–Kier alpha value is 1.05. The minimum Gasteiger partial charge on any atom is -0.387 e. The van der Waals surface area contributed by atoms with Gasteiger partial charge >= 0.3 is 0 Å². The number of hydrogen-bond acceptors (Lipinski definition) is 5. The van der Waals surface area contributed by atoms with E-state index in [9.17, 15) is 5.11 Å². The Kier molecular flexibility index (Phi) is 5.42. The number of nitrogens with one attached hydrogen (secondary N) is 1. The average molecular weight is 347 g/mol. The van der Waals surface area contributed by atoms with Crippen molar-refractivity contribution in [1.29, 1.82) is 0 Å². The number of thiophene rings is 1. The van der Waals surface area contributed by atoms with Crippen LogP contribution in [0.25, 0.3) is 0 Å². The molecule has 0 bridgehead atoms. The topological polar surface area (TPSA) is 32.3 Å². The minimum atomic E-state index is -0.314. The van der Waals surface area contributed by atoms with Crippen LogP contribution in [0.2, 0.25) is 0 Å². The van der Waals surface area contributed by atoms with Gasteiger partial charge < -0.3 is 5.11 Å². The maximum atomic E-state index is 9.50. The quantitative estimate of drug-likeness (QED) is 0.383. The second kappa shape index (κ2) is 5.82. The molecule has 1 aromatic heterocycles. The van der Waals surface area contributed by atoms with E-state index in [0.29, 0.717) is 6.54 Å². The molecule has 0 saturated carbocycles. The average Bonchev–Trinajstić information content (AvgIpc) is 2.51. The number of aliphatic hydroxyl groups is 1. The number of hydrogen-bond donors (Lipinski definition) is 3. The number of aliphatic hydroxyl groups excluding tert-OH is 1. The molecule has 2 heterocycles. The Morgan fingerprint density at radius 1 is 1.69 bits per heavy atom. The number of fused-ring (bicyclic) bond motifs is 1. The maximum absolute atomic E-state index is 9.50. The van der Waals surface area contributed by atoms with Crippen molar-refractivity contribution in [3.8, 4) is 0 Å². The van der Waals surface area contributed by atoms with Crippen molar-refractivity contribution in [2.45, 2.75) is 10.3 Å². The van der Waals surface area contributed by atoms with Crippen LogP contribution in [0.4, 0.5) is 0 Å². The van der Waals surface area contributed by atoms with Crippen LogP contribution in [-0.4, -0.2) is 17.9 Å². The highest BCUT2D eigenvalue weighted by Crippen LogP contribution is 2.37. The van der Waals surface area contributed by atoms with Gasteiger partial charge in [-0.2, -0.15) is 12.6 Å². The van der Waals surface area contributed by atoms with E-state index in [-0.39, 0.29) is 6.10 Å². The molecule has 2 nitrogen and oxygen atoms in total. The molecule has 0 amide bonds.